The Morgan fingerprint density at radius 2 is 1.85 bits per heavy atom. The average molecular weight is 484 g/mol. The van der Waals surface area contributed by atoms with Gasteiger partial charge in [0.2, 0.25) is 5.91 Å². The lowest BCUT2D eigenvalue weighted by atomic mass is 10.2. The molecule has 0 radical (unpaired) electrons. The molecule has 0 spiro atoms. The van der Waals surface area contributed by atoms with Crippen molar-refractivity contribution in [2.75, 3.05) is 34.2 Å². The lowest BCUT2D eigenvalue weighted by molar-refractivity contribution is -0.127. The summed E-state index contributed by atoms with van der Waals surface area (Å²) in [7, 11) is 5.22. The van der Waals surface area contributed by atoms with Crippen LogP contribution in [0.4, 0.5) is 8.78 Å². The third kappa shape index (κ3) is 9.16. The van der Waals surface area contributed by atoms with Crippen molar-refractivity contribution in [2.45, 2.75) is 26.5 Å². The van der Waals surface area contributed by atoms with E-state index >= 15 is 0 Å². The van der Waals surface area contributed by atoms with Gasteiger partial charge in [-0.1, -0.05) is 19.1 Å². The number of carbonyl (C=O) groups excluding carboxylic acids is 1. The van der Waals surface area contributed by atoms with E-state index in [1.807, 2.05) is 18.9 Å². The fraction of sp³-hybridized carbons (Fsp3) is 0.529. The van der Waals surface area contributed by atoms with E-state index in [2.05, 4.69) is 15.0 Å². The van der Waals surface area contributed by atoms with Gasteiger partial charge in [-0.15, -0.1) is 24.0 Å². The molecule has 1 aromatic carbocycles. The summed E-state index contributed by atoms with van der Waals surface area (Å²) in [6, 6.07) is 6.44. The largest absolute Gasteiger partial charge is 0.435 e. The molecule has 0 fully saturated rings. The molecule has 0 atom stereocenters. The Hall–Kier alpha value is -1.65. The Bertz CT molecular complexity index is 568. The molecule has 1 N–H and O–H groups in total. The number of nitrogens with zero attached hydrogens (tertiary/aromatic N) is 3. The minimum absolute atomic E-state index is 0. The van der Waals surface area contributed by atoms with Crippen molar-refractivity contribution in [3.05, 3.63) is 29.8 Å². The van der Waals surface area contributed by atoms with Gasteiger partial charge in [0, 0.05) is 34.2 Å². The summed E-state index contributed by atoms with van der Waals surface area (Å²) in [6.45, 7) is 0.517. The molecular weight excluding hydrogens is 457 g/mol. The summed E-state index contributed by atoms with van der Waals surface area (Å²) in [5.74, 6) is 0.652. The fourth-order valence-electron chi connectivity index (χ4n) is 1.96. The van der Waals surface area contributed by atoms with E-state index in [0.717, 1.165) is 18.5 Å². The van der Waals surface area contributed by atoms with Crippen molar-refractivity contribution < 1.29 is 18.3 Å². The minimum atomic E-state index is -2.83. The molecule has 0 aliphatic rings. The van der Waals surface area contributed by atoms with E-state index in [0.29, 0.717) is 12.5 Å². The number of nitrogens with one attached hydrogen (secondary N) is 1. The van der Waals surface area contributed by atoms with Crippen LogP contribution in [0.3, 0.4) is 0 Å². The molecule has 0 bridgehead atoms. The second-order valence-electron chi connectivity index (χ2n) is 5.73. The molecule has 0 saturated heterocycles. The standard InChI is InChI=1S/C17H26F2N4O2.HI/c1-5-10-20-17(21-11-15(24)22(2)3)23(4)12-13-6-8-14(9-7-13)25-16(18)19;/h6-9,16H,5,10-12H2,1-4H3,(H,20,21);1H. The molecular formula is C17H27F2IN4O2. The smallest absolute Gasteiger partial charge is 0.387 e. The molecule has 0 saturated carbocycles. The van der Waals surface area contributed by atoms with Gasteiger partial charge in [-0.3, -0.25) is 4.79 Å². The first-order chi connectivity index (χ1) is 11.8. The summed E-state index contributed by atoms with van der Waals surface area (Å²) in [6.07, 6.45) is 0.925. The van der Waals surface area contributed by atoms with Gasteiger partial charge in [0.05, 0.1) is 0 Å². The van der Waals surface area contributed by atoms with Crippen LogP contribution in [0.25, 0.3) is 0 Å². The lowest BCUT2D eigenvalue weighted by Gasteiger charge is -2.23. The predicted molar refractivity (Wildman–Crippen MR) is 109 cm³/mol. The minimum Gasteiger partial charge on any atom is -0.435 e. The second kappa shape index (κ2) is 12.7. The van der Waals surface area contributed by atoms with E-state index in [1.54, 1.807) is 26.2 Å². The number of hydrogen-bond acceptors (Lipinski definition) is 3. The zero-order valence-corrected chi connectivity index (χ0v) is 17.9. The summed E-state index contributed by atoms with van der Waals surface area (Å²) in [5, 5.41) is 3.20. The number of guanidine groups is 1. The monoisotopic (exact) mass is 484 g/mol. The Morgan fingerprint density at radius 1 is 1.23 bits per heavy atom. The second-order valence-corrected chi connectivity index (χ2v) is 5.73. The molecule has 0 aliphatic carbocycles. The highest BCUT2D eigenvalue weighted by atomic mass is 127. The third-order valence-corrected chi connectivity index (χ3v) is 3.33. The van der Waals surface area contributed by atoms with Crippen LogP contribution in [0.2, 0.25) is 0 Å². The van der Waals surface area contributed by atoms with Crippen LogP contribution in [-0.4, -0.2) is 62.5 Å². The number of alkyl halides is 2. The first-order valence-corrected chi connectivity index (χ1v) is 8.06. The van der Waals surface area contributed by atoms with Crippen LogP contribution in [0.1, 0.15) is 18.9 Å². The van der Waals surface area contributed by atoms with Gasteiger partial charge in [0.25, 0.3) is 0 Å². The molecule has 26 heavy (non-hydrogen) atoms. The highest BCUT2D eigenvalue weighted by molar-refractivity contribution is 14.0. The van der Waals surface area contributed by atoms with Gasteiger partial charge in [0.1, 0.15) is 12.3 Å². The molecule has 1 rings (SSSR count). The van der Waals surface area contributed by atoms with Gasteiger partial charge in [-0.2, -0.15) is 8.78 Å². The van der Waals surface area contributed by atoms with Crippen molar-refractivity contribution in [3.8, 4) is 5.75 Å². The molecule has 0 aromatic heterocycles. The summed E-state index contributed by atoms with van der Waals surface area (Å²) in [5.41, 5.74) is 0.911. The number of aliphatic imine (C=N–C) groups is 1. The zero-order valence-electron chi connectivity index (χ0n) is 15.5. The Labute approximate surface area is 170 Å². The van der Waals surface area contributed by atoms with E-state index < -0.39 is 6.61 Å². The summed E-state index contributed by atoms with van der Waals surface area (Å²) >= 11 is 0. The van der Waals surface area contributed by atoms with Crippen LogP contribution < -0.4 is 10.1 Å². The molecule has 0 aliphatic heterocycles. The normalized spacial score (nSPS) is 11.0. The fourth-order valence-corrected chi connectivity index (χ4v) is 1.96. The number of rotatable bonds is 8. The van der Waals surface area contributed by atoms with E-state index in [4.69, 9.17) is 0 Å². The van der Waals surface area contributed by atoms with Gasteiger partial charge < -0.3 is 19.9 Å². The molecule has 1 amide bonds. The Morgan fingerprint density at radius 3 is 2.35 bits per heavy atom. The zero-order chi connectivity index (χ0) is 18.8. The third-order valence-electron chi connectivity index (χ3n) is 3.33. The molecule has 1 aromatic rings. The molecule has 0 unspecified atom stereocenters. The van der Waals surface area contributed by atoms with Gasteiger partial charge in [0.15, 0.2) is 5.96 Å². The van der Waals surface area contributed by atoms with Crippen LogP contribution in [0, 0.1) is 0 Å². The Kier molecular flexibility index (Phi) is 11.9. The van der Waals surface area contributed by atoms with Crippen molar-refractivity contribution in [2.24, 2.45) is 4.99 Å². The maximum atomic E-state index is 12.2. The maximum Gasteiger partial charge on any atom is 0.387 e. The Balaban J connectivity index is 0.00000625. The van der Waals surface area contributed by atoms with Crippen molar-refractivity contribution in [1.82, 2.24) is 15.1 Å². The number of halogens is 3. The number of carbonyl (C=O) groups is 1. The first-order valence-electron chi connectivity index (χ1n) is 8.06. The van der Waals surface area contributed by atoms with Gasteiger partial charge in [-0.25, -0.2) is 4.99 Å². The molecule has 9 heteroatoms. The predicted octanol–water partition coefficient (Wildman–Crippen LogP) is 2.78. The quantitative estimate of drug-likeness (QED) is 0.351. The molecule has 148 valence electrons. The van der Waals surface area contributed by atoms with E-state index in [9.17, 15) is 13.6 Å². The highest BCUT2D eigenvalue weighted by Gasteiger charge is 2.10. The first kappa shape index (κ1) is 24.4. The van der Waals surface area contributed by atoms with Crippen LogP contribution >= 0.6 is 24.0 Å². The summed E-state index contributed by atoms with van der Waals surface area (Å²) in [4.78, 5) is 19.4. The van der Waals surface area contributed by atoms with Crippen molar-refractivity contribution in [3.63, 3.8) is 0 Å². The number of likely N-dealkylation sites (N-methyl/N-ethyl adjacent to an activating group) is 1. The maximum absolute atomic E-state index is 12.2. The summed E-state index contributed by atoms with van der Waals surface area (Å²) < 4.78 is 28.7. The van der Waals surface area contributed by atoms with Crippen LogP contribution in [0.15, 0.2) is 29.3 Å². The number of ether oxygens (including phenoxy) is 1. The van der Waals surface area contributed by atoms with Crippen LogP contribution in [-0.2, 0) is 11.3 Å². The van der Waals surface area contributed by atoms with Crippen molar-refractivity contribution >= 4 is 35.8 Å². The topological polar surface area (TPSA) is 57.2 Å². The number of hydrogen-bond donors (Lipinski definition) is 1. The average Bonchev–Trinajstić information content (AvgIpc) is 2.55. The molecule has 6 nitrogen and oxygen atoms in total. The van der Waals surface area contributed by atoms with E-state index in [1.165, 1.54) is 17.0 Å². The molecule has 0 heterocycles. The highest BCUT2D eigenvalue weighted by Crippen LogP contribution is 2.15. The number of amides is 1. The lowest BCUT2D eigenvalue weighted by Crippen LogP contribution is -2.39. The number of benzene rings is 1. The van der Waals surface area contributed by atoms with E-state index in [-0.39, 0.29) is 42.2 Å². The SMILES string of the molecule is CCCNC(=NCC(=O)N(C)C)N(C)Cc1ccc(OC(F)F)cc1.I. The van der Waals surface area contributed by atoms with Crippen LogP contribution in [0.5, 0.6) is 5.75 Å². The van der Waals surface area contributed by atoms with Gasteiger partial charge in [-0.05, 0) is 24.1 Å². The van der Waals surface area contributed by atoms with Gasteiger partial charge >= 0.3 is 6.61 Å². The van der Waals surface area contributed by atoms with Crippen molar-refractivity contribution in [1.29, 1.82) is 0 Å².